The molecule has 1 fully saturated rings. The number of para-hydroxylation sites is 1. The van der Waals surface area contributed by atoms with Gasteiger partial charge in [-0.1, -0.05) is 18.2 Å². The van der Waals surface area contributed by atoms with Crippen LogP contribution in [0.1, 0.15) is 12.8 Å². The van der Waals surface area contributed by atoms with Gasteiger partial charge in [0.1, 0.15) is 0 Å². The van der Waals surface area contributed by atoms with Gasteiger partial charge in [-0.05, 0) is 31.0 Å². The number of piperidine rings is 1. The molecule has 2 aromatic rings. The Morgan fingerprint density at radius 3 is 2.67 bits per heavy atom. The maximum absolute atomic E-state index is 12.4. The van der Waals surface area contributed by atoms with Gasteiger partial charge in [-0.25, -0.2) is 9.97 Å². The molecule has 1 aliphatic rings. The lowest BCUT2D eigenvalue weighted by atomic mass is 9.97. The number of benzene rings is 1. The van der Waals surface area contributed by atoms with Crippen molar-refractivity contribution in [3.05, 3.63) is 48.8 Å². The van der Waals surface area contributed by atoms with E-state index in [1.54, 1.807) is 18.5 Å². The lowest BCUT2D eigenvalue weighted by Gasteiger charge is -2.31. The molecule has 2 heterocycles. The molecule has 108 valence electrons. The van der Waals surface area contributed by atoms with E-state index in [0.29, 0.717) is 12.5 Å². The number of carbonyl (C=O) groups is 1. The molecule has 0 spiro atoms. The highest BCUT2D eigenvalue weighted by Crippen LogP contribution is 2.21. The first kappa shape index (κ1) is 13.5. The lowest BCUT2D eigenvalue weighted by molar-refractivity contribution is -0.120. The van der Waals surface area contributed by atoms with E-state index < -0.39 is 0 Å². The summed E-state index contributed by atoms with van der Waals surface area (Å²) in [5.74, 6) is 0.749. The van der Waals surface area contributed by atoms with E-state index in [4.69, 9.17) is 0 Å². The van der Waals surface area contributed by atoms with Crippen LogP contribution in [0, 0.1) is 5.92 Å². The molecule has 1 N–H and O–H groups in total. The Morgan fingerprint density at radius 1 is 1.14 bits per heavy atom. The minimum absolute atomic E-state index is 0.0252. The summed E-state index contributed by atoms with van der Waals surface area (Å²) in [7, 11) is 0. The Hall–Kier alpha value is -2.43. The molecule has 21 heavy (non-hydrogen) atoms. The van der Waals surface area contributed by atoms with E-state index in [9.17, 15) is 4.79 Å². The molecule has 1 amide bonds. The van der Waals surface area contributed by atoms with Crippen molar-refractivity contribution in [2.45, 2.75) is 12.8 Å². The standard InChI is InChI=1S/C16H18N4O/c21-15(19-14-7-2-1-3-8-14)13-6-4-11-20(12-13)16-17-9-5-10-18-16/h1-3,5,7-10,13H,4,6,11-12H2,(H,19,21). The second kappa shape index (κ2) is 6.35. The van der Waals surface area contributed by atoms with Gasteiger partial charge < -0.3 is 10.2 Å². The van der Waals surface area contributed by atoms with Crippen molar-refractivity contribution in [1.29, 1.82) is 0 Å². The molecular weight excluding hydrogens is 264 g/mol. The van der Waals surface area contributed by atoms with Crippen LogP contribution < -0.4 is 10.2 Å². The predicted molar refractivity (Wildman–Crippen MR) is 82.0 cm³/mol. The SMILES string of the molecule is O=C(Nc1ccccc1)C1CCCN(c2ncccn2)C1. The molecule has 1 unspecified atom stereocenters. The van der Waals surface area contributed by atoms with Gasteiger partial charge in [0, 0.05) is 31.2 Å². The molecule has 0 bridgehead atoms. The molecule has 5 heteroatoms. The number of rotatable bonds is 3. The third kappa shape index (κ3) is 3.37. The molecule has 0 aliphatic carbocycles. The summed E-state index contributed by atoms with van der Waals surface area (Å²) in [5.41, 5.74) is 0.843. The number of aromatic nitrogens is 2. The molecule has 5 nitrogen and oxygen atoms in total. The second-order valence-corrected chi connectivity index (χ2v) is 5.19. The molecular formula is C16H18N4O. The van der Waals surface area contributed by atoms with Crippen LogP contribution in [0.3, 0.4) is 0 Å². The highest BCUT2D eigenvalue weighted by atomic mass is 16.1. The van der Waals surface area contributed by atoms with Crippen LogP contribution in [0.25, 0.3) is 0 Å². The third-order valence-corrected chi connectivity index (χ3v) is 3.67. The minimum Gasteiger partial charge on any atom is -0.340 e. The van der Waals surface area contributed by atoms with E-state index in [-0.39, 0.29) is 11.8 Å². The summed E-state index contributed by atoms with van der Waals surface area (Å²) in [4.78, 5) is 23.0. The summed E-state index contributed by atoms with van der Waals surface area (Å²) >= 11 is 0. The van der Waals surface area contributed by atoms with Gasteiger partial charge in [0.15, 0.2) is 0 Å². The summed E-state index contributed by atoms with van der Waals surface area (Å²) < 4.78 is 0. The van der Waals surface area contributed by atoms with Crippen LogP contribution in [0.2, 0.25) is 0 Å². The monoisotopic (exact) mass is 282 g/mol. The molecule has 3 rings (SSSR count). The summed E-state index contributed by atoms with van der Waals surface area (Å²) in [6.45, 7) is 1.57. The molecule has 1 atom stereocenters. The molecule has 0 saturated carbocycles. The minimum atomic E-state index is -0.0252. The second-order valence-electron chi connectivity index (χ2n) is 5.19. The number of nitrogens with one attached hydrogen (secondary N) is 1. The zero-order chi connectivity index (χ0) is 14.5. The first-order valence-corrected chi connectivity index (χ1v) is 7.21. The number of nitrogens with zero attached hydrogens (tertiary/aromatic N) is 3. The smallest absolute Gasteiger partial charge is 0.229 e. The van der Waals surface area contributed by atoms with Gasteiger partial charge in [0.05, 0.1) is 5.92 Å². The molecule has 1 aliphatic heterocycles. The van der Waals surface area contributed by atoms with Gasteiger partial charge in [0.2, 0.25) is 11.9 Å². The number of amides is 1. The topological polar surface area (TPSA) is 58.1 Å². The first-order valence-electron chi connectivity index (χ1n) is 7.21. The maximum Gasteiger partial charge on any atom is 0.229 e. The van der Waals surface area contributed by atoms with Crippen LogP contribution in [0.15, 0.2) is 48.8 Å². The zero-order valence-electron chi connectivity index (χ0n) is 11.8. The first-order chi connectivity index (χ1) is 10.3. The predicted octanol–water partition coefficient (Wildman–Crippen LogP) is 2.33. The number of anilines is 2. The Morgan fingerprint density at radius 2 is 1.90 bits per heavy atom. The van der Waals surface area contributed by atoms with Crippen molar-refractivity contribution < 1.29 is 4.79 Å². The molecule has 0 radical (unpaired) electrons. The molecule has 1 aromatic heterocycles. The van der Waals surface area contributed by atoms with E-state index >= 15 is 0 Å². The van der Waals surface area contributed by atoms with Crippen LogP contribution in [-0.2, 0) is 4.79 Å². The summed E-state index contributed by atoms with van der Waals surface area (Å²) in [6.07, 6.45) is 5.35. The average Bonchev–Trinajstić information content (AvgIpc) is 2.57. The van der Waals surface area contributed by atoms with E-state index in [1.165, 1.54) is 0 Å². The van der Waals surface area contributed by atoms with Crippen LogP contribution >= 0.6 is 0 Å². The normalized spacial score (nSPS) is 18.3. The Bertz CT molecular complexity index is 588. The van der Waals surface area contributed by atoms with E-state index in [2.05, 4.69) is 20.2 Å². The van der Waals surface area contributed by atoms with Crippen molar-refractivity contribution in [2.24, 2.45) is 5.92 Å². The van der Waals surface area contributed by atoms with Crippen molar-refractivity contribution in [2.75, 3.05) is 23.3 Å². The van der Waals surface area contributed by atoms with E-state index in [1.807, 2.05) is 30.3 Å². The lowest BCUT2D eigenvalue weighted by Crippen LogP contribution is -2.41. The number of carbonyl (C=O) groups excluding carboxylic acids is 1. The van der Waals surface area contributed by atoms with Crippen LogP contribution in [0.5, 0.6) is 0 Å². The van der Waals surface area contributed by atoms with Crippen LogP contribution in [-0.4, -0.2) is 29.0 Å². The highest BCUT2D eigenvalue weighted by Gasteiger charge is 2.26. The van der Waals surface area contributed by atoms with Crippen molar-refractivity contribution >= 4 is 17.5 Å². The van der Waals surface area contributed by atoms with Crippen molar-refractivity contribution in [3.8, 4) is 0 Å². The Kier molecular flexibility index (Phi) is 4.09. The van der Waals surface area contributed by atoms with Crippen molar-refractivity contribution in [1.82, 2.24) is 9.97 Å². The van der Waals surface area contributed by atoms with Gasteiger partial charge in [-0.3, -0.25) is 4.79 Å². The summed E-state index contributed by atoms with van der Waals surface area (Å²) in [5, 5.41) is 2.98. The number of hydrogen-bond acceptors (Lipinski definition) is 4. The molecule has 1 aromatic carbocycles. The Balaban J connectivity index is 1.64. The molecule has 1 saturated heterocycles. The third-order valence-electron chi connectivity index (χ3n) is 3.67. The quantitative estimate of drug-likeness (QED) is 0.938. The maximum atomic E-state index is 12.4. The Labute approximate surface area is 124 Å². The van der Waals surface area contributed by atoms with Gasteiger partial charge >= 0.3 is 0 Å². The van der Waals surface area contributed by atoms with Crippen LogP contribution in [0.4, 0.5) is 11.6 Å². The zero-order valence-corrected chi connectivity index (χ0v) is 11.8. The van der Waals surface area contributed by atoms with Gasteiger partial charge in [-0.15, -0.1) is 0 Å². The van der Waals surface area contributed by atoms with E-state index in [0.717, 1.165) is 25.1 Å². The van der Waals surface area contributed by atoms with Gasteiger partial charge in [-0.2, -0.15) is 0 Å². The largest absolute Gasteiger partial charge is 0.340 e. The summed E-state index contributed by atoms with van der Waals surface area (Å²) in [6, 6.07) is 11.4. The fourth-order valence-corrected chi connectivity index (χ4v) is 2.59. The van der Waals surface area contributed by atoms with Gasteiger partial charge in [0.25, 0.3) is 0 Å². The highest BCUT2D eigenvalue weighted by molar-refractivity contribution is 5.93. The fourth-order valence-electron chi connectivity index (χ4n) is 2.59. The number of hydrogen-bond donors (Lipinski definition) is 1. The fraction of sp³-hybridized carbons (Fsp3) is 0.312. The average molecular weight is 282 g/mol. The van der Waals surface area contributed by atoms with Crippen molar-refractivity contribution in [3.63, 3.8) is 0 Å².